The molecule has 3 aromatic rings. The lowest BCUT2D eigenvalue weighted by Crippen LogP contribution is -2.35. The molecule has 1 aliphatic heterocycles. The maximum absolute atomic E-state index is 14.1. The number of halogens is 1. The summed E-state index contributed by atoms with van der Waals surface area (Å²) < 4.78 is 22.4. The van der Waals surface area contributed by atoms with E-state index < -0.39 is 6.17 Å². The number of fused-ring (bicyclic) bond motifs is 3. The third-order valence-electron chi connectivity index (χ3n) is 6.44. The lowest BCUT2D eigenvalue weighted by atomic mass is 9.93. The Kier molecular flexibility index (Phi) is 4.32. The Labute approximate surface area is 169 Å². The van der Waals surface area contributed by atoms with Crippen molar-refractivity contribution < 1.29 is 9.13 Å². The van der Waals surface area contributed by atoms with Crippen molar-refractivity contribution in [2.45, 2.75) is 69.7 Å². The third kappa shape index (κ3) is 3.18. The first-order valence-electron chi connectivity index (χ1n) is 10.4. The fourth-order valence-electron chi connectivity index (χ4n) is 5.10. The molecule has 3 heterocycles. The second kappa shape index (κ2) is 6.77. The van der Waals surface area contributed by atoms with Gasteiger partial charge < -0.3 is 9.30 Å². The molecule has 1 saturated heterocycles. The van der Waals surface area contributed by atoms with E-state index in [4.69, 9.17) is 9.72 Å². The molecule has 29 heavy (non-hydrogen) atoms. The predicted molar refractivity (Wildman–Crippen MR) is 110 cm³/mol. The molecule has 2 aliphatic rings. The fourth-order valence-corrected chi connectivity index (χ4v) is 5.10. The van der Waals surface area contributed by atoms with Gasteiger partial charge in [-0.25, -0.2) is 9.37 Å². The minimum atomic E-state index is -0.751. The van der Waals surface area contributed by atoms with Crippen LogP contribution in [0.3, 0.4) is 0 Å². The van der Waals surface area contributed by atoms with Crippen molar-refractivity contribution in [3.8, 4) is 6.07 Å². The lowest BCUT2D eigenvalue weighted by Gasteiger charge is -2.37. The summed E-state index contributed by atoms with van der Waals surface area (Å²) in [6, 6.07) is 8.06. The predicted octanol–water partition coefficient (Wildman–Crippen LogP) is 5.19. The van der Waals surface area contributed by atoms with Crippen LogP contribution in [-0.4, -0.2) is 32.9 Å². The van der Waals surface area contributed by atoms with Gasteiger partial charge in [-0.1, -0.05) is 0 Å². The van der Waals surface area contributed by atoms with Crippen molar-refractivity contribution in [2.24, 2.45) is 0 Å². The summed E-state index contributed by atoms with van der Waals surface area (Å²) in [5.41, 5.74) is 3.10. The van der Waals surface area contributed by atoms with Crippen molar-refractivity contribution in [1.29, 1.82) is 5.26 Å². The Balaban J connectivity index is 1.77. The Morgan fingerprint density at radius 2 is 2.10 bits per heavy atom. The van der Waals surface area contributed by atoms with E-state index in [1.807, 2.05) is 18.3 Å². The molecule has 0 bridgehead atoms. The van der Waals surface area contributed by atoms with E-state index in [1.54, 1.807) is 6.07 Å². The topological polar surface area (TPSA) is 63.7 Å². The number of nitriles is 1. The van der Waals surface area contributed by atoms with E-state index in [-0.39, 0.29) is 17.6 Å². The van der Waals surface area contributed by atoms with Crippen LogP contribution >= 0.6 is 0 Å². The molecule has 150 valence electrons. The van der Waals surface area contributed by atoms with Gasteiger partial charge in [0.05, 0.1) is 34.5 Å². The number of benzene rings is 1. The minimum Gasteiger partial charge on any atom is -0.375 e. The second-order valence-electron chi connectivity index (χ2n) is 9.04. The quantitative estimate of drug-likeness (QED) is 0.602. The largest absolute Gasteiger partial charge is 0.375 e. The van der Waals surface area contributed by atoms with Gasteiger partial charge in [0.15, 0.2) is 0 Å². The van der Waals surface area contributed by atoms with Gasteiger partial charge in [-0.2, -0.15) is 5.26 Å². The molecule has 1 aliphatic carbocycles. The highest BCUT2D eigenvalue weighted by Crippen LogP contribution is 2.42. The molecule has 3 atom stereocenters. The SMILES string of the molecule is CC1(C)C[C@H](n2c([C@H]3CC[C@@H](F)C3)nc3cnc4ccc(C#N)cc4c32)CCO1. The summed E-state index contributed by atoms with van der Waals surface area (Å²) in [6.45, 7) is 4.94. The highest BCUT2D eigenvalue weighted by Gasteiger charge is 2.36. The number of nitrogens with zero attached hydrogens (tertiary/aromatic N) is 4. The van der Waals surface area contributed by atoms with Gasteiger partial charge in [-0.3, -0.25) is 4.98 Å². The Morgan fingerprint density at radius 1 is 1.24 bits per heavy atom. The summed E-state index contributed by atoms with van der Waals surface area (Å²) in [6.07, 6.45) is 4.80. The van der Waals surface area contributed by atoms with Gasteiger partial charge in [0.1, 0.15) is 17.5 Å². The highest BCUT2D eigenvalue weighted by atomic mass is 19.1. The highest BCUT2D eigenvalue weighted by molar-refractivity contribution is 6.03. The molecule has 5 nitrogen and oxygen atoms in total. The zero-order chi connectivity index (χ0) is 20.2. The van der Waals surface area contributed by atoms with E-state index in [9.17, 15) is 9.65 Å². The molecule has 0 spiro atoms. The Bertz CT molecular complexity index is 1130. The summed E-state index contributed by atoms with van der Waals surface area (Å²) >= 11 is 0. The zero-order valence-corrected chi connectivity index (χ0v) is 16.9. The number of rotatable bonds is 2. The van der Waals surface area contributed by atoms with E-state index in [1.165, 1.54) is 0 Å². The van der Waals surface area contributed by atoms with Gasteiger partial charge in [-0.05, 0) is 64.2 Å². The number of imidazole rings is 1. The number of alkyl halides is 1. The van der Waals surface area contributed by atoms with Crippen LogP contribution in [-0.2, 0) is 4.74 Å². The summed E-state index contributed by atoms with van der Waals surface area (Å²) in [5, 5.41) is 10.4. The van der Waals surface area contributed by atoms with Gasteiger partial charge in [0.2, 0.25) is 0 Å². The number of aromatic nitrogens is 3. The molecular weight excluding hydrogens is 367 g/mol. The van der Waals surface area contributed by atoms with E-state index in [0.717, 1.165) is 47.0 Å². The number of hydrogen-bond acceptors (Lipinski definition) is 4. The standard InChI is InChI=1S/C23H25FN4O/c1-23(2)11-17(7-8-29-23)28-21-18-9-14(12-25)3-6-19(18)26-13-20(21)27-22(28)15-4-5-16(24)10-15/h3,6,9,13,15-17H,4-5,7-8,10-11H2,1-2H3/t15-,16+,17+/m0/s1. The van der Waals surface area contributed by atoms with Crippen LogP contribution in [0.1, 0.15) is 69.3 Å². The number of ether oxygens (including phenoxy) is 1. The molecule has 0 N–H and O–H groups in total. The molecule has 1 saturated carbocycles. The maximum Gasteiger partial charge on any atom is 0.113 e. The monoisotopic (exact) mass is 392 g/mol. The molecule has 6 heteroatoms. The van der Waals surface area contributed by atoms with Crippen LogP contribution in [0, 0.1) is 11.3 Å². The first-order valence-corrected chi connectivity index (χ1v) is 10.4. The summed E-state index contributed by atoms with van der Waals surface area (Å²) in [7, 11) is 0. The van der Waals surface area contributed by atoms with Crippen LogP contribution in [0.25, 0.3) is 21.9 Å². The average Bonchev–Trinajstić information content (AvgIpc) is 3.30. The molecular formula is C23H25FN4O. The van der Waals surface area contributed by atoms with Gasteiger partial charge in [-0.15, -0.1) is 0 Å². The first kappa shape index (κ1) is 18.5. The summed E-state index contributed by atoms with van der Waals surface area (Å²) in [5.74, 6) is 1.09. The van der Waals surface area contributed by atoms with Crippen LogP contribution in [0.4, 0.5) is 4.39 Å². The van der Waals surface area contributed by atoms with E-state index in [2.05, 4.69) is 29.5 Å². The van der Waals surface area contributed by atoms with Crippen LogP contribution in [0.15, 0.2) is 24.4 Å². The zero-order valence-electron chi connectivity index (χ0n) is 16.9. The van der Waals surface area contributed by atoms with E-state index >= 15 is 0 Å². The van der Waals surface area contributed by atoms with Crippen LogP contribution in [0.5, 0.6) is 0 Å². The van der Waals surface area contributed by atoms with Gasteiger partial charge in [0.25, 0.3) is 0 Å². The van der Waals surface area contributed by atoms with Gasteiger partial charge >= 0.3 is 0 Å². The second-order valence-corrected chi connectivity index (χ2v) is 9.04. The minimum absolute atomic E-state index is 0.123. The van der Waals surface area contributed by atoms with Crippen LogP contribution < -0.4 is 0 Å². The Hall–Kier alpha value is -2.52. The van der Waals surface area contributed by atoms with Crippen molar-refractivity contribution in [3.63, 3.8) is 0 Å². The first-order chi connectivity index (χ1) is 13.9. The normalized spacial score (nSPS) is 26.8. The lowest BCUT2D eigenvalue weighted by molar-refractivity contribution is -0.0689. The Morgan fingerprint density at radius 3 is 2.83 bits per heavy atom. The van der Waals surface area contributed by atoms with Crippen molar-refractivity contribution >= 4 is 21.9 Å². The van der Waals surface area contributed by atoms with Crippen LogP contribution in [0.2, 0.25) is 0 Å². The molecule has 2 aromatic heterocycles. The molecule has 1 aromatic carbocycles. The smallest absolute Gasteiger partial charge is 0.113 e. The molecule has 2 fully saturated rings. The van der Waals surface area contributed by atoms with Crippen molar-refractivity contribution in [3.05, 3.63) is 35.8 Å². The molecule has 0 unspecified atom stereocenters. The van der Waals surface area contributed by atoms with Gasteiger partial charge in [0, 0.05) is 24.0 Å². The third-order valence-corrected chi connectivity index (χ3v) is 6.44. The maximum atomic E-state index is 14.1. The molecule has 0 amide bonds. The molecule has 0 radical (unpaired) electrons. The fraction of sp³-hybridized carbons (Fsp3) is 0.522. The van der Waals surface area contributed by atoms with Crippen molar-refractivity contribution in [2.75, 3.05) is 6.61 Å². The van der Waals surface area contributed by atoms with Crippen molar-refractivity contribution in [1.82, 2.24) is 14.5 Å². The van der Waals surface area contributed by atoms with E-state index in [0.29, 0.717) is 25.0 Å². The summed E-state index contributed by atoms with van der Waals surface area (Å²) in [4.78, 5) is 9.54. The number of hydrogen-bond donors (Lipinski definition) is 0. The molecule has 5 rings (SSSR count). The number of pyridine rings is 1. The average molecular weight is 392 g/mol.